The van der Waals surface area contributed by atoms with E-state index >= 15 is 0 Å². The highest BCUT2D eigenvalue weighted by Crippen LogP contribution is 2.31. The number of hydrogen-bond acceptors (Lipinski definition) is 4. The summed E-state index contributed by atoms with van der Waals surface area (Å²) in [6, 6.07) is 14.0. The molecule has 0 aromatic heterocycles. The topological polar surface area (TPSA) is 78.5 Å². The highest BCUT2D eigenvalue weighted by atomic mass is 32.2. The van der Waals surface area contributed by atoms with Crippen LogP contribution in [0.2, 0.25) is 0 Å². The number of nitrogens with one attached hydrogen (secondary N) is 2. The number of fused-ring (bicyclic) bond motifs is 1. The summed E-state index contributed by atoms with van der Waals surface area (Å²) >= 11 is 0. The number of halogens is 3. The number of urea groups is 1. The molecule has 3 aromatic carbocycles. The number of alkyl halides is 3. The summed E-state index contributed by atoms with van der Waals surface area (Å²) in [7, 11) is 0.171. The number of amides is 2. The maximum absolute atomic E-state index is 12.9. The molecule has 2 amide bonds. The van der Waals surface area contributed by atoms with Gasteiger partial charge in [-0.15, -0.1) is 0 Å². The van der Waals surface area contributed by atoms with Crippen molar-refractivity contribution in [2.75, 3.05) is 36.6 Å². The molecule has 0 radical (unpaired) electrons. The summed E-state index contributed by atoms with van der Waals surface area (Å²) in [4.78, 5) is 14.1. The van der Waals surface area contributed by atoms with Crippen LogP contribution in [0.5, 0.6) is 0 Å². The van der Waals surface area contributed by atoms with E-state index in [-0.39, 0.29) is 29.3 Å². The van der Waals surface area contributed by atoms with Gasteiger partial charge in [0.05, 0.1) is 16.2 Å². The number of anilines is 2. The lowest BCUT2D eigenvalue weighted by Crippen LogP contribution is -2.30. The Balaban J connectivity index is 1.58. The van der Waals surface area contributed by atoms with Gasteiger partial charge in [0.2, 0.25) is 0 Å². The van der Waals surface area contributed by atoms with Gasteiger partial charge in [-0.05, 0) is 42.8 Å². The van der Waals surface area contributed by atoms with E-state index in [9.17, 15) is 26.4 Å². The van der Waals surface area contributed by atoms with Gasteiger partial charge >= 0.3 is 12.2 Å². The smallest absolute Gasteiger partial charge is 0.377 e. The molecule has 2 N–H and O–H groups in total. The second-order valence-corrected chi connectivity index (χ2v) is 9.73. The molecule has 0 heterocycles. The van der Waals surface area contributed by atoms with Gasteiger partial charge in [0.25, 0.3) is 0 Å². The molecule has 0 fully saturated rings. The monoisotopic (exact) mass is 479 g/mol. The number of sulfone groups is 1. The Morgan fingerprint density at radius 3 is 2.21 bits per heavy atom. The molecule has 3 aromatic rings. The van der Waals surface area contributed by atoms with Crippen LogP contribution in [0.3, 0.4) is 0 Å². The SMILES string of the molecule is CN(C)c1cccc2c(S(=O)(=O)CCCNC(=O)Nc3ccc(C(F)(F)F)cc3)cccc12. The van der Waals surface area contributed by atoms with Crippen LogP contribution >= 0.6 is 0 Å². The van der Waals surface area contributed by atoms with Crippen molar-refractivity contribution in [3.05, 3.63) is 66.2 Å². The van der Waals surface area contributed by atoms with Crippen LogP contribution in [0.1, 0.15) is 12.0 Å². The van der Waals surface area contributed by atoms with Crippen molar-refractivity contribution in [3.63, 3.8) is 0 Å². The molecule has 10 heteroatoms. The van der Waals surface area contributed by atoms with E-state index in [0.717, 1.165) is 35.3 Å². The first-order valence-corrected chi connectivity index (χ1v) is 11.8. The van der Waals surface area contributed by atoms with Crippen LogP contribution in [0, 0.1) is 0 Å². The second-order valence-electron chi connectivity index (χ2n) is 7.65. The highest BCUT2D eigenvalue weighted by Gasteiger charge is 2.30. The van der Waals surface area contributed by atoms with E-state index in [0.29, 0.717) is 5.39 Å². The predicted octanol–water partition coefficient (Wildman–Crippen LogP) is 4.91. The van der Waals surface area contributed by atoms with Gasteiger partial charge in [-0.1, -0.05) is 24.3 Å². The van der Waals surface area contributed by atoms with Crippen LogP contribution in [-0.2, 0) is 16.0 Å². The summed E-state index contributed by atoms with van der Waals surface area (Å²) in [6.07, 6.45) is -4.28. The third kappa shape index (κ3) is 5.95. The van der Waals surface area contributed by atoms with E-state index in [2.05, 4.69) is 10.6 Å². The molecular formula is C23H24F3N3O3S. The van der Waals surface area contributed by atoms with Crippen molar-refractivity contribution in [2.45, 2.75) is 17.5 Å². The minimum Gasteiger partial charge on any atom is -0.377 e. The molecular weight excluding hydrogens is 455 g/mol. The molecule has 33 heavy (non-hydrogen) atoms. The van der Waals surface area contributed by atoms with Gasteiger partial charge in [-0.3, -0.25) is 0 Å². The zero-order chi connectivity index (χ0) is 24.2. The molecule has 0 unspecified atom stereocenters. The van der Waals surface area contributed by atoms with E-state index in [1.807, 2.05) is 37.2 Å². The molecule has 6 nitrogen and oxygen atoms in total. The van der Waals surface area contributed by atoms with Crippen LogP contribution < -0.4 is 15.5 Å². The van der Waals surface area contributed by atoms with E-state index in [4.69, 9.17) is 0 Å². The molecule has 0 bridgehead atoms. The van der Waals surface area contributed by atoms with Gasteiger partial charge in [-0.25, -0.2) is 13.2 Å². The Labute approximate surface area is 190 Å². The Bertz CT molecular complexity index is 1240. The first-order chi connectivity index (χ1) is 15.5. The number of nitrogens with zero attached hydrogens (tertiary/aromatic N) is 1. The lowest BCUT2D eigenvalue weighted by atomic mass is 10.1. The highest BCUT2D eigenvalue weighted by molar-refractivity contribution is 7.91. The van der Waals surface area contributed by atoms with Crippen molar-refractivity contribution >= 4 is 38.0 Å². The van der Waals surface area contributed by atoms with Crippen LogP contribution in [0.25, 0.3) is 10.8 Å². The fourth-order valence-corrected chi connectivity index (χ4v) is 4.96. The normalized spacial score (nSPS) is 11.9. The van der Waals surface area contributed by atoms with Crippen LogP contribution in [0.4, 0.5) is 29.3 Å². The van der Waals surface area contributed by atoms with E-state index < -0.39 is 27.6 Å². The summed E-state index contributed by atoms with van der Waals surface area (Å²) in [5.74, 6) is -0.168. The fourth-order valence-electron chi connectivity index (χ4n) is 3.42. The Kier molecular flexibility index (Phi) is 7.16. The number of carbonyl (C=O) groups excluding carboxylic acids is 1. The van der Waals surface area contributed by atoms with Gasteiger partial charge in [0.1, 0.15) is 0 Å². The summed E-state index contributed by atoms with van der Waals surface area (Å²) < 4.78 is 63.7. The molecule has 0 aliphatic rings. The van der Waals surface area contributed by atoms with Crippen molar-refractivity contribution in [1.82, 2.24) is 5.32 Å². The van der Waals surface area contributed by atoms with Gasteiger partial charge in [0.15, 0.2) is 9.84 Å². The van der Waals surface area contributed by atoms with Crippen LogP contribution in [0.15, 0.2) is 65.6 Å². The van der Waals surface area contributed by atoms with Crippen molar-refractivity contribution in [3.8, 4) is 0 Å². The average Bonchev–Trinajstić information content (AvgIpc) is 2.75. The fraction of sp³-hybridized carbons (Fsp3) is 0.261. The molecule has 0 aliphatic heterocycles. The summed E-state index contributed by atoms with van der Waals surface area (Å²) in [5.41, 5.74) is 0.288. The first kappa shape index (κ1) is 24.4. The maximum atomic E-state index is 12.9. The van der Waals surface area contributed by atoms with Crippen molar-refractivity contribution in [1.29, 1.82) is 0 Å². The van der Waals surface area contributed by atoms with E-state index in [1.54, 1.807) is 18.2 Å². The number of rotatable bonds is 7. The number of hydrogen-bond donors (Lipinski definition) is 2. The van der Waals surface area contributed by atoms with Gasteiger partial charge in [-0.2, -0.15) is 13.2 Å². The summed E-state index contributed by atoms with van der Waals surface area (Å²) in [5, 5.41) is 6.40. The average molecular weight is 480 g/mol. The van der Waals surface area contributed by atoms with Crippen LogP contribution in [-0.4, -0.2) is 40.8 Å². The lowest BCUT2D eigenvalue weighted by molar-refractivity contribution is -0.137. The Morgan fingerprint density at radius 2 is 1.58 bits per heavy atom. The largest absolute Gasteiger partial charge is 0.416 e. The van der Waals surface area contributed by atoms with Gasteiger partial charge < -0.3 is 15.5 Å². The number of benzene rings is 3. The minimum absolute atomic E-state index is 0.0827. The molecule has 3 rings (SSSR count). The maximum Gasteiger partial charge on any atom is 0.416 e. The standard InChI is InChI=1S/C23H24F3N3O3S/c1-29(2)20-8-3-7-19-18(20)6-4-9-21(19)33(31,32)15-5-14-27-22(30)28-17-12-10-16(11-13-17)23(24,25)26/h3-4,6-13H,5,14-15H2,1-2H3,(H2,27,28,30). The van der Waals surface area contributed by atoms with E-state index in [1.165, 1.54) is 0 Å². The third-order valence-corrected chi connectivity index (χ3v) is 6.87. The van der Waals surface area contributed by atoms with Crippen molar-refractivity contribution < 1.29 is 26.4 Å². The Morgan fingerprint density at radius 1 is 0.939 bits per heavy atom. The zero-order valence-electron chi connectivity index (χ0n) is 18.1. The quantitative estimate of drug-likeness (QED) is 0.472. The number of carbonyl (C=O) groups is 1. The second kappa shape index (κ2) is 9.70. The molecule has 0 spiro atoms. The molecule has 0 saturated heterocycles. The van der Waals surface area contributed by atoms with Crippen molar-refractivity contribution in [2.24, 2.45) is 0 Å². The third-order valence-electron chi connectivity index (χ3n) is 5.02. The van der Waals surface area contributed by atoms with Gasteiger partial charge in [0, 0.05) is 42.8 Å². The molecule has 0 saturated carbocycles. The lowest BCUT2D eigenvalue weighted by Gasteiger charge is -2.17. The minimum atomic E-state index is -4.45. The molecule has 0 aliphatic carbocycles. The molecule has 0 atom stereocenters. The Hall–Kier alpha value is -3.27. The molecule has 176 valence electrons. The summed E-state index contributed by atoms with van der Waals surface area (Å²) in [6.45, 7) is 0.0827. The zero-order valence-corrected chi connectivity index (χ0v) is 18.9. The predicted molar refractivity (Wildman–Crippen MR) is 123 cm³/mol. The first-order valence-electron chi connectivity index (χ1n) is 10.1.